The number of Topliss-reactive ketones (excluding diaryl/α,β-unsaturated/α-hetero) is 1. The number of methoxy groups -OCH3 is 1. The van der Waals surface area contributed by atoms with E-state index in [0.29, 0.717) is 5.57 Å². The largest absolute Gasteiger partial charge is 0.469 e. The zero-order chi connectivity index (χ0) is 10.4. The number of hydrogen-bond acceptors (Lipinski definition) is 4. The van der Waals surface area contributed by atoms with Gasteiger partial charge in [-0.1, -0.05) is 12.2 Å². The predicted molar refractivity (Wildman–Crippen MR) is 47.0 cm³/mol. The van der Waals surface area contributed by atoms with Gasteiger partial charge in [0.1, 0.15) is 6.42 Å². The van der Waals surface area contributed by atoms with Gasteiger partial charge in [0, 0.05) is 0 Å². The maximum atomic E-state index is 11.3. The molecule has 13 heavy (non-hydrogen) atoms. The average molecular weight is 186 g/mol. The summed E-state index contributed by atoms with van der Waals surface area (Å²) in [7, 11) is 1.21. The second-order valence-electron chi connectivity index (χ2n) is 2.80. The molecule has 1 N–H and O–H groups in total. The lowest BCUT2D eigenvalue weighted by atomic mass is 9.96. The molecule has 0 aromatic carbocycles. The van der Waals surface area contributed by atoms with Crippen LogP contribution < -0.4 is 0 Å². The van der Waals surface area contributed by atoms with Gasteiger partial charge in [0.2, 0.25) is 0 Å². The molecule has 0 aromatic rings. The third kappa shape index (κ3) is 3.85. The molecule has 0 bridgehead atoms. The van der Waals surface area contributed by atoms with Gasteiger partial charge < -0.3 is 9.84 Å². The minimum atomic E-state index is -0.654. The first-order chi connectivity index (χ1) is 6.02. The van der Waals surface area contributed by atoms with Crippen molar-refractivity contribution in [2.45, 2.75) is 13.3 Å². The van der Waals surface area contributed by atoms with Gasteiger partial charge in [-0.2, -0.15) is 0 Å². The molecule has 1 atom stereocenters. The lowest BCUT2D eigenvalue weighted by Crippen LogP contribution is -2.22. The fourth-order valence-electron chi connectivity index (χ4n) is 0.870. The Hall–Kier alpha value is -1.16. The van der Waals surface area contributed by atoms with Crippen LogP contribution in [-0.2, 0) is 14.3 Å². The van der Waals surface area contributed by atoms with Crippen molar-refractivity contribution in [1.29, 1.82) is 0 Å². The predicted octanol–water partition coefficient (Wildman–Crippen LogP) is 0.303. The maximum absolute atomic E-state index is 11.3. The number of esters is 1. The smallest absolute Gasteiger partial charge is 0.313 e. The number of aliphatic hydroxyl groups is 1. The summed E-state index contributed by atoms with van der Waals surface area (Å²) in [5, 5.41) is 8.82. The highest BCUT2D eigenvalue weighted by atomic mass is 16.5. The van der Waals surface area contributed by atoms with Crippen LogP contribution in [0.4, 0.5) is 0 Å². The minimum Gasteiger partial charge on any atom is -0.469 e. The van der Waals surface area contributed by atoms with Gasteiger partial charge in [-0.05, 0) is 6.92 Å². The molecule has 1 unspecified atom stereocenters. The molecule has 0 aliphatic rings. The first-order valence-electron chi connectivity index (χ1n) is 3.88. The van der Waals surface area contributed by atoms with E-state index in [1.807, 2.05) is 0 Å². The maximum Gasteiger partial charge on any atom is 0.313 e. The Kier molecular flexibility index (Phi) is 4.99. The standard InChI is InChI=1S/C9H14O4/c1-6(2)7(5-10)8(11)4-9(12)13-3/h7,10H,1,4-5H2,2-3H3. The van der Waals surface area contributed by atoms with E-state index in [-0.39, 0.29) is 18.8 Å². The summed E-state index contributed by atoms with van der Waals surface area (Å²) in [6, 6.07) is 0. The van der Waals surface area contributed by atoms with Crippen LogP contribution in [0.1, 0.15) is 13.3 Å². The summed E-state index contributed by atoms with van der Waals surface area (Å²) in [4.78, 5) is 22.0. The molecular weight excluding hydrogens is 172 g/mol. The second-order valence-corrected chi connectivity index (χ2v) is 2.80. The van der Waals surface area contributed by atoms with Crippen molar-refractivity contribution < 1.29 is 19.4 Å². The lowest BCUT2D eigenvalue weighted by Gasteiger charge is -2.11. The van der Waals surface area contributed by atoms with E-state index in [4.69, 9.17) is 5.11 Å². The van der Waals surface area contributed by atoms with Crippen LogP contribution in [0.3, 0.4) is 0 Å². The Labute approximate surface area is 77.2 Å². The highest BCUT2D eigenvalue weighted by Gasteiger charge is 2.20. The van der Waals surface area contributed by atoms with E-state index in [1.54, 1.807) is 6.92 Å². The fourth-order valence-corrected chi connectivity index (χ4v) is 0.870. The van der Waals surface area contributed by atoms with Gasteiger partial charge in [-0.3, -0.25) is 9.59 Å². The molecular formula is C9H14O4. The van der Waals surface area contributed by atoms with Gasteiger partial charge >= 0.3 is 5.97 Å². The van der Waals surface area contributed by atoms with Gasteiger partial charge in [0.25, 0.3) is 0 Å². The monoisotopic (exact) mass is 186 g/mol. The second kappa shape index (κ2) is 5.48. The molecule has 0 aliphatic heterocycles. The van der Waals surface area contributed by atoms with Crippen LogP contribution in [-0.4, -0.2) is 30.6 Å². The zero-order valence-electron chi connectivity index (χ0n) is 7.87. The van der Waals surface area contributed by atoms with Crippen LogP contribution in [0.15, 0.2) is 12.2 Å². The molecule has 0 rings (SSSR count). The number of ketones is 1. The van der Waals surface area contributed by atoms with E-state index in [1.165, 1.54) is 7.11 Å². The molecule has 4 nitrogen and oxygen atoms in total. The van der Waals surface area contributed by atoms with E-state index < -0.39 is 11.9 Å². The van der Waals surface area contributed by atoms with E-state index in [2.05, 4.69) is 11.3 Å². The third-order valence-electron chi connectivity index (χ3n) is 1.71. The van der Waals surface area contributed by atoms with Crippen molar-refractivity contribution in [1.82, 2.24) is 0 Å². The number of ether oxygens (including phenoxy) is 1. The summed E-state index contributed by atoms with van der Waals surface area (Å²) in [5.41, 5.74) is 0.552. The van der Waals surface area contributed by atoms with E-state index in [9.17, 15) is 9.59 Å². The van der Waals surface area contributed by atoms with E-state index in [0.717, 1.165) is 0 Å². The number of aliphatic hydroxyl groups excluding tert-OH is 1. The summed E-state index contributed by atoms with van der Waals surface area (Å²) in [6.45, 7) is 4.87. The first-order valence-corrected chi connectivity index (χ1v) is 3.88. The molecule has 0 saturated heterocycles. The van der Waals surface area contributed by atoms with Crippen molar-refractivity contribution in [2.75, 3.05) is 13.7 Å². The molecule has 0 aliphatic carbocycles. The summed E-state index contributed by atoms with van der Waals surface area (Å²) >= 11 is 0. The molecule has 4 heteroatoms. The van der Waals surface area contributed by atoms with Crippen LogP contribution in [0.2, 0.25) is 0 Å². The molecule has 74 valence electrons. The number of carbonyl (C=O) groups excluding carboxylic acids is 2. The molecule has 0 amide bonds. The summed E-state index contributed by atoms with van der Waals surface area (Å²) < 4.78 is 4.32. The van der Waals surface area contributed by atoms with Crippen molar-refractivity contribution in [3.05, 3.63) is 12.2 Å². The lowest BCUT2D eigenvalue weighted by molar-refractivity contribution is -0.144. The Morgan fingerprint density at radius 2 is 2.08 bits per heavy atom. The van der Waals surface area contributed by atoms with Crippen LogP contribution in [0, 0.1) is 5.92 Å². The quantitative estimate of drug-likeness (QED) is 0.381. The van der Waals surface area contributed by atoms with Crippen molar-refractivity contribution in [3.63, 3.8) is 0 Å². The fraction of sp³-hybridized carbons (Fsp3) is 0.556. The SMILES string of the molecule is C=C(C)C(CO)C(=O)CC(=O)OC. The van der Waals surface area contributed by atoms with Crippen LogP contribution in [0.5, 0.6) is 0 Å². The van der Waals surface area contributed by atoms with Gasteiger partial charge in [-0.25, -0.2) is 0 Å². The Morgan fingerprint density at radius 1 is 1.54 bits per heavy atom. The highest BCUT2D eigenvalue weighted by molar-refractivity contribution is 5.97. The Morgan fingerprint density at radius 3 is 2.38 bits per heavy atom. The van der Waals surface area contributed by atoms with Crippen molar-refractivity contribution in [3.8, 4) is 0 Å². The molecule has 0 radical (unpaired) electrons. The van der Waals surface area contributed by atoms with Gasteiger partial charge in [-0.15, -0.1) is 0 Å². The van der Waals surface area contributed by atoms with Crippen molar-refractivity contribution in [2.24, 2.45) is 5.92 Å². The third-order valence-corrected chi connectivity index (χ3v) is 1.71. The zero-order valence-corrected chi connectivity index (χ0v) is 7.87. The van der Waals surface area contributed by atoms with Crippen LogP contribution >= 0.6 is 0 Å². The summed E-state index contributed by atoms with van der Waals surface area (Å²) in [6.07, 6.45) is -0.311. The minimum absolute atomic E-state index is 0.311. The number of carbonyl (C=O) groups is 2. The normalized spacial score (nSPS) is 11.9. The molecule has 0 saturated carbocycles. The average Bonchev–Trinajstić information content (AvgIpc) is 2.04. The number of rotatable bonds is 5. The molecule has 0 heterocycles. The Bertz CT molecular complexity index is 220. The highest BCUT2D eigenvalue weighted by Crippen LogP contribution is 2.10. The van der Waals surface area contributed by atoms with Crippen LogP contribution in [0.25, 0.3) is 0 Å². The molecule has 0 fully saturated rings. The van der Waals surface area contributed by atoms with Crippen molar-refractivity contribution >= 4 is 11.8 Å². The number of hydrogen-bond donors (Lipinski definition) is 1. The van der Waals surface area contributed by atoms with Gasteiger partial charge in [0.15, 0.2) is 5.78 Å². The van der Waals surface area contributed by atoms with Gasteiger partial charge in [0.05, 0.1) is 19.6 Å². The molecule has 0 spiro atoms. The Balaban J connectivity index is 4.22. The molecule has 0 aromatic heterocycles. The van der Waals surface area contributed by atoms with E-state index >= 15 is 0 Å². The first kappa shape index (κ1) is 11.8. The topological polar surface area (TPSA) is 63.6 Å². The summed E-state index contributed by atoms with van der Waals surface area (Å²) in [5.74, 6) is -1.61.